The zero-order chi connectivity index (χ0) is 18.1. The average molecular weight is 354 g/mol. The fourth-order valence-electron chi connectivity index (χ4n) is 3.50. The first-order chi connectivity index (χ1) is 12.6. The van der Waals surface area contributed by atoms with Gasteiger partial charge in [0.1, 0.15) is 5.75 Å². The Balaban J connectivity index is 1.54. The quantitative estimate of drug-likeness (QED) is 0.772. The Labute approximate surface area is 151 Å². The van der Waals surface area contributed by atoms with E-state index in [0.717, 1.165) is 36.9 Å². The van der Waals surface area contributed by atoms with Gasteiger partial charge in [-0.15, -0.1) is 0 Å². The van der Waals surface area contributed by atoms with Gasteiger partial charge >= 0.3 is 0 Å². The van der Waals surface area contributed by atoms with Crippen LogP contribution in [0.2, 0.25) is 0 Å². The second kappa shape index (κ2) is 6.82. The summed E-state index contributed by atoms with van der Waals surface area (Å²) >= 11 is 0. The molecule has 7 heteroatoms. The number of aromatic amines is 1. The van der Waals surface area contributed by atoms with Gasteiger partial charge in [0.2, 0.25) is 0 Å². The standard InChI is InChI=1S/C19H22N4O3/c1-11-18(24)21-15-10-12(8-9-16(15)26-11)20-19(25)17-13-6-4-2-3-5-7-14(13)22-23-17/h8-11H,2-7H2,1H3,(H,20,25)(H,21,24)(H,22,23)/t11-/m0/s1. The minimum absolute atomic E-state index is 0.199. The Hall–Kier alpha value is -2.83. The molecule has 0 radical (unpaired) electrons. The van der Waals surface area contributed by atoms with Gasteiger partial charge in [-0.2, -0.15) is 5.10 Å². The van der Waals surface area contributed by atoms with Gasteiger partial charge in [0.15, 0.2) is 11.8 Å². The minimum atomic E-state index is -0.522. The summed E-state index contributed by atoms with van der Waals surface area (Å²) in [6.07, 6.45) is 5.91. The monoisotopic (exact) mass is 354 g/mol. The van der Waals surface area contributed by atoms with Crippen LogP contribution in [0.5, 0.6) is 5.75 Å². The van der Waals surface area contributed by atoms with Crippen LogP contribution in [0.3, 0.4) is 0 Å². The smallest absolute Gasteiger partial charge is 0.276 e. The first kappa shape index (κ1) is 16.6. The van der Waals surface area contributed by atoms with Crippen molar-refractivity contribution in [3.8, 4) is 5.75 Å². The lowest BCUT2D eigenvalue weighted by Gasteiger charge is -2.23. The van der Waals surface area contributed by atoms with E-state index >= 15 is 0 Å². The van der Waals surface area contributed by atoms with Gasteiger partial charge in [-0.3, -0.25) is 14.7 Å². The van der Waals surface area contributed by atoms with Gasteiger partial charge in [0.25, 0.3) is 11.8 Å². The van der Waals surface area contributed by atoms with Crippen LogP contribution < -0.4 is 15.4 Å². The molecule has 0 saturated heterocycles. The number of benzene rings is 1. The predicted octanol–water partition coefficient (Wildman–Crippen LogP) is 3.04. The van der Waals surface area contributed by atoms with Crippen LogP contribution in [-0.2, 0) is 17.6 Å². The van der Waals surface area contributed by atoms with Crippen LogP contribution >= 0.6 is 0 Å². The van der Waals surface area contributed by atoms with Crippen molar-refractivity contribution in [3.63, 3.8) is 0 Å². The number of aryl methyl sites for hydroxylation is 1. The van der Waals surface area contributed by atoms with Gasteiger partial charge in [0.05, 0.1) is 5.69 Å². The van der Waals surface area contributed by atoms with Gasteiger partial charge in [-0.25, -0.2) is 0 Å². The van der Waals surface area contributed by atoms with Crippen molar-refractivity contribution in [2.24, 2.45) is 0 Å². The van der Waals surface area contributed by atoms with E-state index < -0.39 is 6.10 Å². The zero-order valence-electron chi connectivity index (χ0n) is 14.7. The maximum absolute atomic E-state index is 12.7. The Morgan fingerprint density at radius 3 is 2.88 bits per heavy atom. The number of hydrogen-bond acceptors (Lipinski definition) is 4. The number of fused-ring (bicyclic) bond motifs is 2. The number of nitrogens with zero attached hydrogens (tertiary/aromatic N) is 1. The molecule has 0 saturated carbocycles. The predicted molar refractivity (Wildman–Crippen MR) is 97.6 cm³/mol. The molecular weight excluding hydrogens is 332 g/mol. The van der Waals surface area contributed by atoms with Crippen molar-refractivity contribution in [1.29, 1.82) is 0 Å². The fraction of sp³-hybridized carbons (Fsp3) is 0.421. The third kappa shape index (κ3) is 3.16. The molecule has 136 valence electrons. The van der Waals surface area contributed by atoms with Crippen molar-refractivity contribution < 1.29 is 14.3 Å². The van der Waals surface area contributed by atoms with Crippen LogP contribution in [0.15, 0.2) is 18.2 Å². The average Bonchev–Trinajstić information content (AvgIpc) is 2.98. The largest absolute Gasteiger partial charge is 0.479 e. The van der Waals surface area contributed by atoms with Crippen LogP contribution in [0.4, 0.5) is 11.4 Å². The number of carbonyl (C=O) groups excluding carboxylic acids is 2. The zero-order valence-corrected chi connectivity index (χ0v) is 14.7. The number of ether oxygens (including phenoxy) is 1. The van der Waals surface area contributed by atoms with Crippen molar-refractivity contribution in [1.82, 2.24) is 10.2 Å². The minimum Gasteiger partial charge on any atom is -0.479 e. The van der Waals surface area contributed by atoms with Crippen LogP contribution in [0, 0.1) is 0 Å². The van der Waals surface area contributed by atoms with E-state index in [1.54, 1.807) is 25.1 Å². The van der Waals surface area contributed by atoms with Crippen molar-refractivity contribution in [3.05, 3.63) is 35.2 Å². The number of carbonyl (C=O) groups is 2. The van der Waals surface area contributed by atoms with Gasteiger partial charge in [0, 0.05) is 16.9 Å². The summed E-state index contributed by atoms with van der Waals surface area (Å²) in [4.78, 5) is 24.5. The second-order valence-electron chi connectivity index (χ2n) is 6.86. The lowest BCUT2D eigenvalue weighted by atomic mass is 9.97. The molecule has 1 aliphatic heterocycles. The molecule has 0 spiro atoms. The molecule has 0 unspecified atom stereocenters. The van der Waals surface area contributed by atoms with Crippen LogP contribution in [-0.4, -0.2) is 28.1 Å². The number of amides is 2. The third-order valence-electron chi connectivity index (χ3n) is 4.94. The fourth-order valence-corrected chi connectivity index (χ4v) is 3.50. The Kier molecular flexibility index (Phi) is 4.36. The van der Waals surface area contributed by atoms with Crippen molar-refractivity contribution >= 4 is 23.2 Å². The Morgan fingerprint density at radius 2 is 2.04 bits per heavy atom. The van der Waals surface area contributed by atoms with Gasteiger partial charge < -0.3 is 15.4 Å². The number of H-pyrrole nitrogens is 1. The SMILES string of the molecule is C[C@@H]1Oc2ccc(NC(=O)c3n[nH]c4c3CCCCCC4)cc2NC1=O. The summed E-state index contributed by atoms with van der Waals surface area (Å²) in [5.74, 6) is 0.161. The normalized spacial score (nSPS) is 19.3. The maximum Gasteiger partial charge on any atom is 0.276 e. The maximum atomic E-state index is 12.7. The topological polar surface area (TPSA) is 96.1 Å². The highest BCUT2D eigenvalue weighted by Crippen LogP contribution is 2.32. The Morgan fingerprint density at radius 1 is 1.23 bits per heavy atom. The molecule has 2 aromatic rings. The summed E-state index contributed by atoms with van der Waals surface area (Å²) < 4.78 is 5.53. The molecule has 1 aromatic heterocycles. The highest BCUT2D eigenvalue weighted by Gasteiger charge is 2.24. The number of hydrogen-bond donors (Lipinski definition) is 3. The molecule has 0 bridgehead atoms. The molecule has 4 rings (SSSR count). The number of anilines is 2. The molecule has 1 aromatic carbocycles. The first-order valence-corrected chi connectivity index (χ1v) is 9.11. The summed E-state index contributed by atoms with van der Waals surface area (Å²) in [5.41, 5.74) is 3.73. The molecule has 7 nitrogen and oxygen atoms in total. The van der Waals surface area contributed by atoms with E-state index in [9.17, 15) is 9.59 Å². The summed E-state index contributed by atoms with van der Waals surface area (Å²) in [6.45, 7) is 1.69. The van der Waals surface area contributed by atoms with E-state index in [4.69, 9.17) is 4.74 Å². The van der Waals surface area contributed by atoms with Gasteiger partial charge in [-0.05, 0) is 50.8 Å². The van der Waals surface area contributed by atoms with E-state index in [0.29, 0.717) is 22.8 Å². The van der Waals surface area contributed by atoms with E-state index in [2.05, 4.69) is 20.8 Å². The molecule has 2 amide bonds. The molecule has 2 aliphatic rings. The molecule has 1 atom stereocenters. The van der Waals surface area contributed by atoms with E-state index in [-0.39, 0.29) is 11.8 Å². The third-order valence-corrected chi connectivity index (χ3v) is 4.94. The highest BCUT2D eigenvalue weighted by molar-refractivity contribution is 6.05. The van der Waals surface area contributed by atoms with Crippen molar-refractivity contribution in [2.75, 3.05) is 10.6 Å². The number of aromatic nitrogens is 2. The van der Waals surface area contributed by atoms with Gasteiger partial charge in [-0.1, -0.05) is 12.8 Å². The molecule has 1 aliphatic carbocycles. The summed E-state index contributed by atoms with van der Waals surface area (Å²) in [6, 6.07) is 5.21. The molecule has 3 N–H and O–H groups in total. The lowest BCUT2D eigenvalue weighted by molar-refractivity contribution is -0.122. The lowest BCUT2D eigenvalue weighted by Crippen LogP contribution is -2.34. The highest BCUT2D eigenvalue weighted by atomic mass is 16.5. The molecule has 2 heterocycles. The van der Waals surface area contributed by atoms with Crippen LogP contribution in [0.1, 0.15) is 54.4 Å². The number of nitrogens with one attached hydrogen (secondary N) is 3. The summed E-state index contributed by atoms with van der Waals surface area (Å²) in [7, 11) is 0. The molecule has 26 heavy (non-hydrogen) atoms. The number of rotatable bonds is 2. The molecule has 0 fully saturated rings. The molecular formula is C19H22N4O3. The van der Waals surface area contributed by atoms with Crippen LogP contribution in [0.25, 0.3) is 0 Å². The first-order valence-electron chi connectivity index (χ1n) is 9.11. The Bertz CT molecular complexity index is 858. The van der Waals surface area contributed by atoms with E-state index in [1.165, 1.54) is 12.8 Å². The van der Waals surface area contributed by atoms with E-state index in [1.807, 2.05) is 0 Å². The van der Waals surface area contributed by atoms with Crippen molar-refractivity contribution in [2.45, 2.75) is 51.6 Å². The summed E-state index contributed by atoms with van der Waals surface area (Å²) in [5, 5.41) is 13.0. The second-order valence-corrected chi connectivity index (χ2v) is 6.86.